The summed E-state index contributed by atoms with van der Waals surface area (Å²) in [5, 5.41) is 11.8. The molecular weight excluding hydrogens is 311 g/mol. The van der Waals surface area contributed by atoms with E-state index in [0.29, 0.717) is 18.5 Å². The molecule has 0 aliphatic carbocycles. The van der Waals surface area contributed by atoms with E-state index in [1.807, 2.05) is 0 Å². The van der Waals surface area contributed by atoms with Crippen LogP contribution in [0, 0.1) is 0 Å². The Labute approximate surface area is 131 Å². The van der Waals surface area contributed by atoms with Gasteiger partial charge in [0.25, 0.3) is 5.91 Å². The number of pyridine rings is 1. The molecule has 5 nitrogen and oxygen atoms in total. The van der Waals surface area contributed by atoms with Gasteiger partial charge in [0, 0.05) is 6.20 Å². The van der Waals surface area contributed by atoms with Gasteiger partial charge in [0.1, 0.15) is 11.3 Å². The summed E-state index contributed by atoms with van der Waals surface area (Å²) in [5.74, 6) is -0.547. The van der Waals surface area contributed by atoms with E-state index in [4.69, 9.17) is 0 Å². The Hall–Kier alpha value is -2.09. The third-order valence-corrected chi connectivity index (χ3v) is 3.62. The molecule has 0 bridgehead atoms. The molecule has 0 aliphatic heterocycles. The summed E-state index contributed by atoms with van der Waals surface area (Å²) < 4.78 is 39.8. The molecule has 1 amide bonds. The highest BCUT2D eigenvalue weighted by molar-refractivity contribution is 5.95. The SMILES string of the molecule is CCc1nc2ccc(C(F)(F)F)cn2c1C(=O)NC(CC)CO. The normalized spacial score (nSPS) is 13.3. The molecule has 0 aliphatic rings. The quantitative estimate of drug-likeness (QED) is 0.885. The fourth-order valence-electron chi connectivity index (χ4n) is 2.28. The van der Waals surface area contributed by atoms with Gasteiger partial charge in [0.2, 0.25) is 0 Å². The molecule has 2 N–H and O–H groups in total. The van der Waals surface area contributed by atoms with Gasteiger partial charge in [0.15, 0.2) is 0 Å². The Balaban J connectivity index is 2.53. The zero-order valence-corrected chi connectivity index (χ0v) is 12.8. The number of hydrogen-bond acceptors (Lipinski definition) is 3. The number of hydrogen-bond donors (Lipinski definition) is 2. The summed E-state index contributed by atoms with van der Waals surface area (Å²) in [6.45, 7) is 3.32. The van der Waals surface area contributed by atoms with Crippen LogP contribution in [0.4, 0.5) is 13.2 Å². The first kappa shape index (κ1) is 17.3. The maximum Gasteiger partial charge on any atom is 0.417 e. The van der Waals surface area contributed by atoms with Crippen LogP contribution in [-0.4, -0.2) is 33.0 Å². The number of alkyl halides is 3. The minimum Gasteiger partial charge on any atom is -0.394 e. The molecule has 0 saturated heterocycles. The number of halogens is 3. The maximum atomic E-state index is 12.9. The standard InChI is InChI=1S/C15H18F3N3O2/c1-3-10(8-22)19-14(23)13-11(4-2)20-12-6-5-9(7-21(12)13)15(16,17)18/h5-7,10,22H,3-4,8H2,1-2H3,(H,19,23). The average Bonchev–Trinajstić information content (AvgIpc) is 2.89. The number of imidazole rings is 1. The predicted octanol–water partition coefficient (Wildman–Crippen LogP) is 2.42. The minimum atomic E-state index is -4.50. The molecule has 2 aromatic rings. The molecule has 2 aromatic heterocycles. The van der Waals surface area contributed by atoms with E-state index >= 15 is 0 Å². The van der Waals surface area contributed by atoms with Gasteiger partial charge in [-0.05, 0) is 25.0 Å². The lowest BCUT2D eigenvalue weighted by Crippen LogP contribution is -2.38. The van der Waals surface area contributed by atoms with Gasteiger partial charge in [-0.1, -0.05) is 13.8 Å². The molecule has 1 unspecified atom stereocenters. The Kier molecular flexibility index (Phi) is 4.93. The van der Waals surface area contributed by atoms with Crippen LogP contribution in [0.3, 0.4) is 0 Å². The Morgan fingerprint density at radius 2 is 2.09 bits per heavy atom. The van der Waals surface area contributed by atoms with Crippen molar-refractivity contribution in [2.75, 3.05) is 6.61 Å². The van der Waals surface area contributed by atoms with Crippen LogP contribution in [0.2, 0.25) is 0 Å². The number of fused-ring (bicyclic) bond motifs is 1. The third kappa shape index (κ3) is 3.47. The smallest absolute Gasteiger partial charge is 0.394 e. The summed E-state index contributed by atoms with van der Waals surface area (Å²) in [6.07, 6.45) is -2.72. The molecule has 1 atom stereocenters. The van der Waals surface area contributed by atoms with E-state index in [9.17, 15) is 23.1 Å². The Bertz CT molecular complexity index is 706. The zero-order chi connectivity index (χ0) is 17.2. The van der Waals surface area contributed by atoms with Gasteiger partial charge in [-0.25, -0.2) is 4.98 Å². The number of nitrogens with one attached hydrogen (secondary N) is 1. The maximum absolute atomic E-state index is 12.9. The number of nitrogens with zero attached hydrogens (tertiary/aromatic N) is 2. The summed E-state index contributed by atoms with van der Waals surface area (Å²) in [4.78, 5) is 16.6. The molecule has 0 fully saturated rings. The molecule has 23 heavy (non-hydrogen) atoms. The number of aliphatic hydroxyl groups is 1. The van der Waals surface area contributed by atoms with Crippen molar-refractivity contribution in [2.45, 2.75) is 38.9 Å². The Morgan fingerprint density at radius 1 is 1.39 bits per heavy atom. The molecule has 126 valence electrons. The molecule has 0 saturated carbocycles. The Morgan fingerprint density at radius 3 is 2.61 bits per heavy atom. The zero-order valence-electron chi connectivity index (χ0n) is 12.8. The van der Waals surface area contributed by atoms with E-state index in [2.05, 4.69) is 10.3 Å². The van der Waals surface area contributed by atoms with Gasteiger partial charge in [0.05, 0.1) is 23.9 Å². The molecular formula is C15H18F3N3O2. The van der Waals surface area contributed by atoms with Crippen molar-refractivity contribution >= 4 is 11.6 Å². The van der Waals surface area contributed by atoms with Crippen molar-refractivity contribution in [3.8, 4) is 0 Å². The summed E-state index contributed by atoms with van der Waals surface area (Å²) >= 11 is 0. The molecule has 0 spiro atoms. The number of aryl methyl sites for hydroxylation is 1. The molecule has 2 rings (SSSR count). The molecule has 0 radical (unpaired) electrons. The molecule has 0 aromatic carbocycles. The highest BCUT2D eigenvalue weighted by atomic mass is 19.4. The summed E-state index contributed by atoms with van der Waals surface area (Å²) in [5.41, 5.74) is -0.0968. The van der Waals surface area contributed by atoms with E-state index in [1.54, 1.807) is 13.8 Å². The van der Waals surface area contributed by atoms with Crippen molar-refractivity contribution in [3.63, 3.8) is 0 Å². The number of aliphatic hydroxyl groups excluding tert-OH is 1. The third-order valence-electron chi connectivity index (χ3n) is 3.62. The van der Waals surface area contributed by atoms with Gasteiger partial charge in [-0.2, -0.15) is 13.2 Å². The second kappa shape index (κ2) is 6.57. The minimum absolute atomic E-state index is 0.0699. The van der Waals surface area contributed by atoms with E-state index in [1.165, 1.54) is 6.07 Å². The van der Waals surface area contributed by atoms with Crippen LogP contribution in [0.25, 0.3) is 5.65 Å². The highest BCUT2D eigenvalue weighted by Crippen LogP contribution is 2.30. The van der Waals surface area contributed by atoms with Crippen molar-refractivity contribution < 1.29 is 23.1 Å². The van der Waals surface area contributed by atoms with Crippen LogP contribution in [-0.2, 0) is 12.6 Å². The van der Waals surface area contributed by atoms with Crippen LogP contribution < -0.4 is 5.32 Å². The molecule has 2 heterocycles. The van der Waals surface area contributed by atoms with E-state index in [0.717, 1.165) is 16.7 Å². The fourth-order valence-corrected chi connectivity index (χ4v) is 2.28. The highest BCUT2D eigenvalue weighted by Gasteiger charge is 2.32. The first-order chi connectivity index (χ1) is 10.8. The fraction of sp³-hybridized carbons (Fsp3) is 0.467. The summed E-state index contributed by atoms with van der Waals surface area (Å²) in [6, 6.07) is 1.72. The second-order valence-corrected chi connectivity index (χ2v) is 5.17. The van der Waals surface area contributed by atoms with Crippen LogP contribution in [0.15, 0.2) is 18.3 Å². The van der Waals surface area contributed by atoms with E-state index in [-0.39, 0.29) is 17.9 Å². The predicted molar refractivity (Wildman–Crippen MR) is 78.2 cm³/mol. The van der Waals surface area contributed by atoms with Crippen LogP contribution in [0.5, 0.6) is 0 Å². The van der Waals surface area contributed by atoms with Crippen molar-refractivity contribution in [1.82, 2.24) is 14.7 Å². The topological polar surface area (TPSA) is 66.6 Å². The van der Waals surface area contributed by atoms with Crippen molar-refractivity contribution in [3.05, 3.63) is 35.3 Å². The number of carbonyl (C=O) groups excluding carboxylic acids is 1. The monoisotopic (exact) mass is 329 g/mol. The lowest BCUT2D eigenvalue weighted by molar-refractivity contribution is -0.137. The largest absolute Gasteiger partial charge is 0.417 e. The number of carbonyl (C=O) groups is 1. The van der Waals surface area contributed by atoms with E-state index < -0.39 is 23.7 Å². The van der Waals surface area contributed by atoms with Crippen LogP contribution in [0.1, 0.15) is 42.0 Å². The molecule has 8 heteroatoms. The van der Waals surface area contributed by atoms with Gasteiger partial charge >= 0.3 is 6.18 Å². The number of amides is 1. The second-order valence-electron chi connectivity index (χ2n) is 5.17. The van der Waals surface area contributed by atoms with Gasteiger partial charge in [-0.3, -0.25) is 9.20 Å². The lowest BCUT2D eigenvalue weighted by atomic mass is 10.2. The lowest BCUT2D eigenvalue weighted by Gasteiger charge is -2.14. The number of rotatable bonds is 5. The first-order valence-electron chi connectivity index (χ1n) is 7.31. The van der Waals surface area contributed by atoms with Crippen LogP contribution >= 0.6 is 0 Å². The number of aromatic nitrogens is 2. The van der Waals surface area contributed by atoms with Crippen molar-refractivity contribution in [1.29, 1.82) is 0 Å². The van der Waals surface area contributed by atoms with Gasteiger partial charge < -0.3 is 10.4 Å². The first-order valence-corrected chi connectivity index (χ1v) is 7.31. The average molecular weight is 329 g/mol. The van der Waals surface area contributed by atoms with Crippen molar-refractivity contribution in [2.24, 2.45) is 0 Å². The summed E-state index contributed by atoms with van der Waals surface area (Å²) in [7, 11) is 0. The van der Waals surface area contributed by atoms with Gasteiger partial charge in [-0.15, -0.1) is 0 Å².